The fourth-order valence-electron chi connectivity index (χ4n) is 3.85. The Morgan fingerprint density at radius 1 is 1.15 bits per heavy atom. The monoisotopic (exact) mass is 270 g/mol. The molecule has 1 aromatic rings. The van der Waals surface area contributed by atoms with E-state index in [9.17, 15) is 4.79 Å². The average molecular weight is 270 g/mol. The molecule has 0 atom stereocenters. The number of allylic oxidation sites excluding steroid dienone is 1. The van der Waals surface area contributed by atoms with Gasteiger partial charge < -0.3 is 4.74 Å². The van der Waals surface area contributed by atoms with E-state index in [0.29, 0.717) is 11.2 Å². The number of fused-ring (bicyclic) bond motifs is 3. The van der Waals surface area contributed by atoms with Crippen LogP contribution in [0, 0.1) is 5.92 Å². The molecule has 2 bridgehead atoms. The molecule has 0 aromatic heterocycles. The Morgan fingerprint density at radius 3 is 2.30 bits per heavy atom. The van der Waals surface area contributed by atoms with E-state index in [1.54, 1.807) is 6.08 Å². The number of rotatable bonds is 3. The molecule has 0 aliphatic heterocycles. The maximum absolute atomic E-state index is 11.4. The Hall–Kier alpha value is -1.57. The summed E-state index contributed by atoms with van der Waals surface area (Å²) in [7, 11) is 0. The first kappa shape index (κ1) is 13.4. The summed E-state index contributed by atoms with van der Waals surface area (Å²) in [4.78, 5) is 11.4. The van der Waals surface area contributed by atoms with Crippen molar-refractivity contribution in [1.82, 2.24) is 0 Å². The molecule has 0 N–H and O–H groups in total. The van der Waals surface area contributed by atoms with Gasteiger partial charge in [0.05, 0.1) is 0 Å². The lowest BCUT2D eigenvalue weighted by Gasteiger charge is -2.47. The highest BCUT2D eigenvalue weighted by Crippen LogP contribution is 2.51. The molecular formula is C18H22O2. The van der Waals surface area contributed by atoms with Crippen molar-refractivity contribution in [2.45, 2.75) is 50.9 Å². The van der Waals surface area contributed by atoms with Gasteiger partial charge in [0.1, 0.15) is 5.75 Å². The molecule has 0 radical (unpaired) electrons. The SMILES string of the molecule is C/C=C/C(=O)Oc1ccc(C23CCC(CC2)CC3)cc1. The molecule has 3 fully saturated rings. The molecule has 0 amide bonds. The van der Waals surface area contributed by atoms with Crippen molar-refractivity contribution in [3.05, 3.63) is 42.0 Å². The summed E-state index contributed by atoms with van der Waals surface area (Å²) in [5, 5.41) is 0. The fourth-order valence-corrected chi connectivity index (χ4v) is 3.85. The third kappa shape index (κ3) is 2.52. The predicted molar refractivity (Wildman–Crippen MR) is 79.8 cm³/mol. The lowest BCUT2D eigenvalue weighted by Crippen LogP contribution is -2.37. The van der Waals surface area contributed by atoms with Gasteiger partial charge in [0.2, 0.25) is 0 Å². The van der Waals surface area contributed by atoms with Crippen molar-refractivity contribution in [3.63, 3.8) is 0 Å². The Kier molecular flexibility index (Phi) is 3.64. The third-order valence-corrected chi connectivity index (χ3v) is 5.08. The number of esters is 1. The van der Waals surface area contributed by atoms with Crippen molar-refractivity contribution in [2.75, 3.05) is 0 Å². The molecule has 2 nitrogen and oxygen atoms in total. The molecule has 0 saturated heterocycles. The van der Waals surface area contributed by atoms with Crippen LogP contribution in [0.3, 0.4) is 0 Å². The topological polar surface area (TPSA) is 26.3 Å². The van der Waals surface area contributed by atoms with E-state index in [2.05, 4.69) is 12.1 Å². The zero-order valence-corrected chi connectivity index (χ0v) is 12.1. The van der Waals surface area contributed by atoms with Crippen LogP contribution >= 0.6 is 0 Å². The number of hydrogen-bond donors (Lipinski definition) is 0. The Balaban J connectivity index is 1.74. The van der Waals surface area contributed by atoms with Crippen LogP contribution in [-0.2, 0) is 10.2 Å². The average Bonchev–Trinajstić information content (AvgIpc) is 2.50. The Morgan fingerprint density at radius 2 is 1.75 bits per heavy atom. The van der Waals surface area contributed by atoms with Crippen LogP contribution in [0.1, 0.15) is 51.0 Å². The number of carbonyl (C=O) groups is 1. The van der Waals surface area contributed by atoms with Gasteiger partial charge in [-0.3, -0.25) is 0 Å². The third-order valence-electron chi connectivity index (χ3n) is 5.08. The molecule has 20 heavy (non-hydrogen) atoms. The van der Waals surface area contributed by atoms with Crippen LogP contribution in [0.5, 0.6) is 5.75 Å². The van der Waals surface area contributed by atoms with Crippen LogP contribution in [0.4, 0.5) is 0 Å². The van der Waals surface area contributed by atoms with E-state index >= 15 is 0 Å². The second-order valence-electron chi connectivity index (χ2n) is 6.21. The second kappa shape index (κ2) is 5.43. The van der Waals surface area contributed by atoms with Gasteiger partial charge in [0.15, 0.2) is 0 Å². The smallest absolute Gasteiger partial charge is 0.335 e. The molecule has 106 valence electrons. The molecule has 0 spiro atoms. The number of benzene rings is 1. The van der Waals surface area contributed by atoms with Gasteiger partial charge in [-0.15, -0.1) is 0 Å². The normalized spacial score (nSPS) is 28.8. The second-order valence-corrected chi connectivity index (χ2v) is 6.21. The highest BCUT2D eigenvalue weighted by atomic mass is 16.5. The Labute approximate surface area is 120 Å². The van der Waals surface area contributed by atoms with E-state index in [-0.39, 0.29) is 5.97 Å². The number of carbonyl (C=O) groups excluding carboxylic acids is 1. The van der Waals surface area contributed by atoms with Crippen molar-refractivity contribution < 1.29 is 9.53 Å². The van der Waals surface area contributed by atoms with Crippen molar-refractivity contribution in [3.8, 4) is 5.75 Å². The lowest BCUT2D eigenvalue weighted by atomic mass is 9.58. The zero-order chi connectivity index (χ0) is 14.0. The van der Waals surface area contributed by atoms with Gasteiger partial charge in [0.25, 0.3) is 0 Å². The lowest BCUT2D eigenvalue weighted by molar-refractivity contribution is -0.129. The minimum absolute atomic E-state index is 0.309. The first-order valence-corrected chi connectivity index (χ1v) is 7.67. The maximum atomic E-state index is 11.4. The summed E-state index contributed by atoms with van der Waals surface area (Å²) in [6, 6.07) is 8.19. The van der Waals surface area contributed by atoms with Gasteiger partial charge in [0, 0.05) is 6.08 Å². The van der Waals surface area contributed by atoms with Crippen LogP contribution < -0.4 is 4.74 Å². The molecular weight excluding hydrogens is 248 g/mol. The van der Waals surface area contributed by atoms with E-state index < -0.39 is 0 Å². The largest absolute Gasteiger partial charge is 0.423 e. The van der Waals surface area contributed by atoms with Crippen molar-refractivity contribution in [1.29, 1.82) is 0 Å². The number of ether oxygens (including phenoxy) is 1. The quantitative estimate of drug-likeness (QED) is 0.462. The van der Waals surface area contributed by atoms with Crippen molar-refractivity contribution in [2.24, 2.45) is 5.92 Å². The van der Waals surface area contributed by atoms with Crippen LogP contribution in [0.25, 0.3) is 0 Å². The summed E-state index contributed by atoms with van der Waals surface area (Å²) in [6.07, 6.45) is 11.3. The van der Waals surface area contributed by atoms with Gasteiger partial charge in [-0.2, -0.15) is 0 Å². The highest BCUT2D eigenvalue weighted by molar-refractivity contribution is 5.83. The highest BCUT2D eigenvalue weighted by Gasteiger charge is 2.41. The summed E-state index contributed by atoms with van der Waals surface area (Å²) in [5.41, 5.74) is 1.84. The zero-order valence-electron chi connectivity index (χ0n) is 12.1. The molecule has 4 rings (SSSR count). The summed E-state index contributed by atoms with van der Waals surface area (Å²) in [5.74, 6) is 1.31. The minimum Gasteiger partial charge on any atom is -0.423 e. The first-order chi connectivity index (χ1) is 9.72. The molecule has 0 heterocycles. The Bertz CT molecular complexity index is 491. The first-order valence-electron chi connectivity index (χ1n) is 7.67. The molecule has 1 aromatic carbocycles. The predicted octanol–water partition coefficient (Wildman–Crippen LogP) is 4.39. The van der Waals surface area contributed by atoms with Gasteiger partial charge in [-0.1, -0.05) is 18.2 Å². The van der Waals surface area contributed by atoms with E-state index in [0.717, 1.165) is 5.92 Å². The number of hydrogen-bond acceptors (Lipinski definition) is 2. The van der Waals surface area contributed by atoms with Crippen molar-refractivity contribution >= 4 is 5.97 Å². The standard InChI is InChI=1S/C18H22O2/c1-2-3-17(19)20-16-6-4-15(5-7-16)18-11-8-14(9-12-18)10-13-18/h2-7,14H,8-13H2,1H3/b3-2+. The minimum atomic E-state index is -0.309. The van der Waals surface area contributed by atoms with E-state index in [1.165, 1.54) is 50.2 Å². The van der Waals surface area contributed by atoms with E-state index in [4.69, 9.17) is 4.74 Å². The molecule has 3 aliphatic carbocycles. The summed E-state index contributed by atoms with van der Waals surface area (Å²) >= 11 is 0. The molecule has 0 unspecified atom stereocenters. The van der Waals surface area contributed by atoms with Crippen LogP contribution in [-0.4, -0.2) is 5.97 Å². The maximum Gasteiger partial charge on any atom is 0.335 e. The molecule has 3 aliphatic rings. The van der Waals surface area contributed by atoms with Crippen LogP contribution in [0.15, 0.2) is 36.4 Å². The van der Waals surface area contributed by atoms with Crippen LogP contribution in [0.2, 0.25) is 0 Å². The van der Waals surface area contributed by atoms with Gasteiger partial charge in [-0.25, -0.2) is 4.79 Å². The fraction of sp³-hybridized carbons (Fsp3) is 0.500. The molecule has 3 saturated carbocycles. The van der Waals surface area contributed by atoms with Gasteiger partial charge in [-0.05, 0) is 74.5 Å². The van der Waals surface area contributed by atoms with E-state index in [1.807, 2.05) is 19.1 Å². The van der Waals surface area contributed by atoms with Gasteiger partial charge >= 0.3 is 5.97 Å². The summed E-state index contributed by atoms with van der Waals surface area (Å²) < 4.78 is 5.25. The molecule has 2 heteroatoms. The summed E-state index contributed by atoms with van der Waals surface area (Å²) in [6.45, 7) is 1.81.